The molecule has 2 nitrogen and oxygen atoms in total. The molecule has 1 aliphatic rings. The summed E-state index contributed by atoms with van der Waals surface area (Å²) in [5, 5.41) is 14.1. The van der Waals surface area contributed by atoms with Crippen molar-refractivity contribution in [2.45, 2.75) is 57.7 Å². The number of fused-ring (bicyclic) bond motifs is 1. The topological polar surface area (TPSA) is 32.3 Å². The molecule has 0 spiro atoms. The maximum absolute atomic E-state index is 10.6. The highest BCUT2D eigenvalue weighted by atomic mass is 16.3. The van der Waals surface area contributed by atoms with Gasteiger partial charge in [-0.2, -0.15) is 0 Å². The van der Waals surface area contributed by atoms with E-state index in [1.165, 1.54) is 24.0 Å². The van der Waals surface area contributed by atoms with Gasteiger partial charge in [0, 0.05) is 6.54 Å². The molecule has 1 aromatic rings. The van der Waals surface area contributed by atoms with Gasteiger partial charge in [0.05, 0.1) is 11.6 Å². The molecule has 2 unspecified atom stereocenters. The zero-order valence-corrected chi connectivity index (χ0v) is 10.9. The third-order valence-electron chi connectivity index (χ3n) is 3.77. The quantitative estimate of drug-likeness (QED) is 0.766. The molecule has 0 bridgehead atoms. The van der Waals surface area contributed by atoms with Crippen LogP contribution in [-0.2, 0) is 6.54 Å². The van der Waals surface area contributed by atoms with Crippen molar-refractivity contribution in [3.8, 4) is 0 Å². The number of nitrogens with one attached hydrogen (secondary N) is 1. The summed E-state index contributed by atoms with van der Waals surface area (Å²) in [6.07, 6.45) is 4.37. The van der Waals surface area contributed by atoms with Gasteiger partial charge in [0.1, 0.15) is 0 Å². The fraction of sp³-hybridized carbons (Fsp3) is 0.600. The molecule has 1 aromatic carbocycles. The molecule has 0 radical (unpaired) electrons. The van der Waals surface area contributed by atoms with Crippen molar-refractivity contribution >= 4 is 0 Å². The Labute approximate surface area is 104 Å². The summed E-state index contributed by atoms with van der Waals surface area (Å²) in [6.45, 7) is 5.03. The van der Waals surface area contributed by atoms with Gasteiger partial charge in [-0.1, -0.05) is 50.5 Å². The Hall–Kier alpha value is -0.860. The number of unbranched alkanes of at least 4 members (excludes halogenated alkanes) is 2. The summed E-state index contributed by atoms with van der Waals surface area (Å²) in [6, 6.07) is 8.49. The molecule has 0 aliphatic carbocycles. The molecule has 94 valence electrons. The van der Waals surface area contributed by atoms with Crippen molar-refractivity contribution in [3.05, 3.63) is 35.4 Å². The Morgan fingerprint density at radius 2 is 2.12 bits per heavy atom. The van der Waals surface area contributed by atoms with Crippen LogP contribution in [0.25, 0.3) is 0 Å². The van der Waals surface area contributed by atoms with E-state index in [2.05, 4.69) is 36.5 Å². The molecule has 17 heavy (non-hydrogen) atoms. The lowest BCUT2D eigenvalue weighted by molar-refractivity contribution is 0.0114. The molecule has 2 N–H and O–H groups in total. The first kappa shape index (κ1) is 12.6. The number of rotatable bonds is 5. The van der Waals surface area contributed by atoms with Gasteiger partial charge in [-0.3, -0.25) is 0 Å². The minimum absolute atomic E-state index is 0.0931. The number of hydrogen-bond donors (Lipinski definition) is 2. The second-order valence-corrected chi connectivity index (χ2v) is 5.33. The SMILES string of the molecule is CCCCCC(C)(O)C1NCc2ccccc21. The van der Waals surface area contributed by atoms with Gasteiger partial charge in [-0.25, -0.2) is 0 Å². The zero-order valence-electron chi connectivity index (χ0n) is 10.9. The highest BCUT2D eigenvalue weighted by Crippen LogP contribution is 2.36. The maximum Gasteiger partial charge on any atom is 0.0813 e. The van der Waals surface area contributed by atoms with E-state index in [0.29, 0.717) is 0 Å². The summed E-state index contributed by atoms with van der Waals surface area (Å²) in [5.41, 5.74) is 1.96. The fourth-order valence-electron chi connectivity index (χ4n) is 2.73. The van der Waals surface area contributed by atoms with Gasteiger partial charge in [0.2, 0.25) is 0 Å². The van der Waals surface area contributed by atoms with E-state index in [0.717, 1.165) is 19.4 Å². The predicted molar refractivity (Wildman–Crippen MR) is 70.8 cm³/mol. The van der Waals surface area contributed by atoms with Crippen LogP contribution in [0.5, 0.6) is 0 Å². The molecule has 0 amide bonds. The summed E-state index contributed by atoms with van der Waals surface area (Å²) in [5.74, 6) is 0. The van der Waals surface area contributed by atoms with Crippen LogP contribution in [0, 0.1) is 0 Å². The lowest BCUT2D eigenvalue weighted by Crippen LogP contribution is -2.38. The maximum atomic E-state index is 10.6. The molecular formula is C15H23NO. The zero-order chi connectivity index (χ0) is 12.3. The molecule has 0 aromatic heterocycles. The van der Waals surface area contributed by atoms with Gasteiger partial charge in [0.15, 0.2) is 0 Å². The average molecular weight is 233 g/mol. The number of hydrogen-bond acceptors (Lipinski definition) is 2. The smallest absolute Gasteiger partial charge is 0.0813 e. The molecule has 0 fully saturated rings. The van der Waals surface area contributed by atoms with Crippen molar-refractivity contribution in [1.29, 1.82) is 0 Å². The molecule has 2 rings (SSSR count). The summed E-state index contributed by atoms with van der Waals surface area (Å²) < 4.78 is 0. The van der Waals surface area contributed by atoms with E-state index in [-0.39, 0.29) is 6.04 Å². The van der Waals surface area contributed by atoms with E-state index in [1.807, 2.05) is 6.92 Å². The van der Waals surface area contributed by atoms with E-state index in [9.17, 15) is 5.11 Å². The van der Waals surface area contributed by atoms with E-state index >= 15 is 0 Å². The second kappa shape index (κ2) is 5.19. The summed E-state index contributed by atoms with van der Waals surface area (Å²) in [7, 11) is 0. The Bertz CT molecular complexity index is 373. The van der Waals surface area contributed by atoms with Crippen LogP contribution in [0.1, 0.15) is 56.7 Å². The van der Waals surface area contributed by atoms with Gasteiger partial charge in [0.25, 0.3) is 0 Å². The molecule has 2 atom stereocenters. The predicted octanol–water partition coefficient (Wildman–Crippen LogP) is 3.16. The van der Waals surface area contributed by atoms with Crippen LogP contribution in [0.15, 0.2) is 24.3 Å². The highest BCUT2D eigenvalue weighted by molar-refractivity contribution is 5.35. The van der Waals surface area contributed by atoms with Crippen molar-refractivity contribution in [2.24, 2.45) is 0 Å². The lowest BCUT2D eigenvalue weighted by atomic mass is 9.86. The van der Waals surface area contributed by atoms with Crippen LogP contribution in [0.2, 0.25) is 0 Å². The summed E-state index contributed by atoms with van der Waals surface area (Å²) in [4.78, 5) is 0. The van der Waals surface area contributed by atoms with Crippen molar-refractivity contribution in [1.82, 2.24) is 5.32 Å². The van der Waals surface area contributed by atoms with Crippen molar-refractivity contribution in [2.75, 3.05) is 0 Å². The third-order valence-corrected chi connectivity index (χ3v) is 3.77. The molecule has 2 heteroatoms. The molecule has 1 heterocycles. The summed E-state index contributed by atoms with van der Waals surface area (Å²) >= 11 is 0. The Morgan fingerprint density at radius 3 is 2.88 bits per heavy atom. The largest absolute Gasteiger partial charge is 0.388 e. The standard InChI is InChI=1S/C15H23NO/c1-3-4-7-10-15(2,17)14-13-9-6-5-8-12(13)11-16-14/h5-6,8-9,14,16-17H,3-4,7,10-11H2,1-2H3. The van der Waals surface area contributed by atoms with Crippen molar-refractivity contribution < 1.29 is 5.11 Å². The normalized spacial score (nSPS) is 22.2. The van der Waals surface area contributed by atoms with Crippen LogP contribution >= 0.6 is 0 Å². The van der Waals surface area contributed by atoms with E-state index in [1.54, 1.807) is 0 Å². The first-order valence-corrected chi connectivity index (χ1v) is 6.68. The molecule has 0 saturated heterocycles. The third kappa shape index (κ3) is 2.70. The minimum Gasteiger partial charge on any atom is -0.388 e. The Kier molecular flexibility index (Phi) is 3.85. The van der Waals surface area contributed by atoms with Crippen LogP contribution in [0.3, 0.4) is 0 Å². The number of aliphatic hydroxyl groups is 1. The average Bonchev–Trinajstić information content (AvgIpc) is 2.73. The molecule has 1 aliphatic heterocycles. The van der Waals surface area contributed by atoms with Crippen molar-refractivity contribution in [3.63, 3.8) is 0 Å². The lowest BCUT2D eigenvalue weighted by Gasteiger charge is -2.31. The second-order valence-electron chi connectivity index (χ2n) is 5.33. The van der Waals surface area contributed by atoms with Gasteiger partial charge in [-0.15, -0.1) is 0 Å². The van der Waals surface area contributed by atoms with Gasteiger partial charge < -0.3 is 10.4 Å². The molecular weight excluding hydrogens is 210 g/mol. The van der Waals surface area contributed by atoms with Gasteiger partial charge in [-0.05, 0) is 24.5 Å². The first-order chi connectivity index (χ1) is 8.15. The van der Waals surface area contributed by atoms with Crippen LogP contribution in [0.4, 0.5) is 0 Å². The van der Waals surface area contributed by atoms with Crippen LogP contribution < -0.4 is 5.32 Å². The van der Waals surface area contributed by atoms with E-state index < -0.39 is 5.60 Å². The van der Waals surface area contributed by atoms with Gasteiger partial charge >= 0.3 is 0 Å². The van der Waals surface area contributed by atoms with E-state index in [4.69, 9.17) is 0 Å². The van der Waals surface area contributed by atoms with Crippen LogP contribution in [-0.4, -0.2) is 10.7 Å². The number of benzene rings is 1. The molecule has 0 saturated carbocycles. The highest BCUT2D eigenvalue weighted by Gasteiger charge is 2.36. The first-order valence-electron chi connectivity index (χ1n) is 6.68. The Morgan fingerprint density at radius 1 is 1.35 bits per heavy atom. The fourth-order valence-corrected chi connectivity index (χ4v) is 2.73. The monoisotopic (exact) mass is 233 g/mol. The Balaban J connectivity index is 2.08. The minimum atomic E-state index is -0.637.